The van der Waals surface area contributed by atoms with Gasteiger partial charge in [0.1, 0.15) is 10.8 Å². The van der Waals surface area contributed by atoms with Gasteiger partial charge in [-0.05, 0) is 18.6 Å². The lowest BCUT2D eigenvalue weighted by Crippen LogP contribution is -2.22. The average molecular weight is 237 g/mol. The zero-order valence-electron chi connectivity index (χ0n) is 8.97. The minimum Gasteiger partial charge on any atom is -0.396 e. The van der Waals surface area contributed by atoms with Gasteiger partial charge in [-0.2, -0.15) is 0 Å². The summed E-state index contributed by atoms with van der Waals surface area (Å²) in [5.41, 5.74) is 6.42. The van der Waals surface area contributed by atoms with Crippen LogP contribution < -0.4 is 10.6 Å². The highest BCUT2D eigenvalue weighted by Crippen LogP contribution is 2.22. The highest BCUT2D eigenvalue weighted by atomic mass is 32.1. The summed E-state index contributed by atoms with van der Waals surface area (Å²) in [5, 5.41) is 9.09. The summed E-state index contributed by atoms with van der Waals surface area (Å²) in [6, 6.07) is 3.72. The van der Waals surface area contributed by atoms with Crippen LogP contribution in [0.3, 0.4) is 0 Å². The third kappa shape index (κ3) is 2.31. The molecule has 3 N–H and O–H groups in total. The molecule has 0 amide bonds. The molecule has 1 aliphatic rings. The molecular formula is C11H15N3OS. The number of anilines is 1. The summed E-state index contributed by atoms with van der Waals surface area (Å²) in [4.78, 5) is 6.85. The SMILES string of the molecule is NC(=S)c1ccnc(N2CCC(CO)C2)c1. The van der Waals surface area contributed by atoms with Crippen LogP contribution in [0.25, 0.3) is 0 Å². The fourth-order valence-corrected chi connectivity index (χ4v) is 2.06. The van der Waals surface area contributed by atoms with Gasteiger partial charge in [0, 0.05) is 37.4 Å². The minimum absolute atomic E-state index is 0.242. The van der Waals surface area contributed by atoms with Gasteiger partial charge in [0.05, 0.1) is 0 Å². The summed E-state index contributed by atoms with van der Waals surface area (Å²) >= 11 is 4.93. The van der Waals surface area contributed by atoms with Gasteiger partial charge in [-0.3, -0.25) is 0 Å². The molecule has 1 unspecified atom stereocenters. The molecule has 1 fully saturated rings. The minimum atomic E-state index is 0.242. The van der Waals surface area contributed by atoms with E-state index < -0.39 is 0 Å². The number of thiocarbonyl (C=S) groups is 1. The molecule has 1 aromatic heterocycles. The van der Waals surface area contributed by atoms with E-state index in [1.165, 1.54) is 0 Å². The van der Waals surface area contributed by atoms with Crippen LogP contribution in [0.15, 0.2) is 18.3 Å². The maximum absolute atomic E-state index is 9.09. The highest BCUT2D eigenvalue weighted by Gasteiger charge is 2.22. The van der Waals surface area contributed by atoms with E-state index in [4.69, 9.17) is 23.1 Å². The topological polar surface area (TPSA) is 62.4 Å². The monoisotopic (exact) mass is 237 g/mol. The van der Waals surface area contributed by atoms with Crippen molar-refractivity contribution in [1.82, 2.24) is 4.98 Å². The molecule has 2 heterocycles. The third-order valence-corrected chi connectivity index (χ3v) is 3.13. The maximum Gasteiger partial charge on any atom is 0.129 e. The zero-order chi connectivity index (χ0) is 11.5. The Bertz CT molecular complexity index is 397. The first-order valence-electron chi connectivity index (χ1n) is 5.32. The van der Waals surface area contributed by atoms with Gasteiger partial charge in [-0.25, -0.2) is 4.98 Å². The molecule has 0 aromatic carbocycles. The quantitative estimate of drug-likeness (QED) is 0.751. The van der Waals surface area contributed by atoms with Crippen LogP contribution in [-0.4, -0.2) is 34.8 Å². The second-order valence-corrected chi connectivity index (χ2v) is 4.49. The number of pyridine rings is 1. The molecule has 1 saturated heterocycles. The molecule has 86 valence electrons. The van der Waals surface area contributed by atoms with E-state index in [1.807, 2.05) is 12.1 Å². The van der Waals surface area contributed by atoms with Gasteiger partial charge < -0.3 is 15.7 Å². The van der Waals surface area contributed by atoms with Crippen molar-refractivity contribution in [1.29, 1.82) is 0 Å². The van der Waals surface area contributed by atoms with Crippen molar-refractivity contribution in [2.75, 3.05) is 24.6 Å². The van der Waals surface area contributed by atoms with E-state index in [1.54, 1.807) is 6.20 Å². The summed E-state index contributed by atoms with van der Waals surface area (Å²) in [7, 11) is 0. The van der Waals surface area contributed by atoms with Crippen LogP contribution in [0.1, 0.15) is 12.0 Å². The van der Waals surface area contributed by atoms with Crippen LogP contribution in [-0.2, 0) is 0 Å². The molecule has 0 aliphatic carbocycles. The predicted molar refractivity (Wildman–Crippen MR) is 67.5 cm³/mol. The van der Waals surface area contributed by atoms with E-state index in [0.717, 1.165) is 30.9 Å². The van der Waals surface area contributed by atoms with Crippen LogP contribution in [0, 0.1) is 5.92 Å². The van der Waals surface area contributed by atoms with Crippen molar-refractivity contribution in [2.45, 2.75) is 6.42 Å². The molecule has 1 atom stereocenters. The van der Waals surface area contributed by atoms with Crippen molar-refractivity contribution in [2.24, 2.45) is 11.7 Å². The lowest BCUT2D eigenvalue weighted by atomic mass is 10.1. The van der Waals surface area contributed by atoms with Gasteiger partial charge in [-0.15, -0.1) is 0 Å². The third-order valence-electron chi connectivity index (χ3n) is 2.90. The number of nitrogens with zero attached hydrogens (tertiary/aromatic N) is 2. The van der Waals surface area contributed by atoms with Gasteiger partial charge in [0.15, 0.2) is 0 Å². The summed E-state index contributed by atoms with van der Waals surface area (Å²) in [6.07, 6.45) is 2.73. The van der Waals surface area contributed by atoms with Crippen molar-refractivity contribution in [3.8, 4) is 0 Å². The Kier molecular flexibility index (Phi) is 3.36. The molecule has 0 spiro atoms. The van der Waals surface area contributed by atoms with Crippen molar-refractivity contribution < 1.29 is 5.11 Å². The second-order valence-electron chi connectivity index (χ2n) is 4.05. The number of aliphatic hydroxyl groups excluding tert-OH is 1. The fourth-order valence-electron chi connectivity index (χ4n) is 1.93. The highest BCUT2D eigenvalue weighted by molar-refractivity contribution is 7.80. The Morgan fingerprint density at radius 3 is 3.12 bits per heavy atom. The van der Waals surface area contributed by atoms with Crippen LogP contribution in [0.4, 0.5) is 5.82 Å². The Morgan fingerprint density at radius 2 is 2.50 bits per heavy atom. The molecular weight excluding hydrogens is 222 g/mol. The first-order chi connectivity index (χ1) is 7.70. The number of aliphatic hydroxyl groups is 1. The van der Waals surface area contributed by atoms with E-state index in [0.29, 0.717) is 10.9 Å². The molecule has 1 aliphatic heterocycles. The van der Waals surface area contributed by atoms with Gasteiger partial charge in [-0.1, -0.05) is 12.2 Å². The van der Waals surface area contributed by atoms with Crippen molar-refractivity contribution in [3.05, 3.63) is 23.9 Å². The van der Waals surface area contributed by atoms with Gasteiger partial charge >= 0.3 is 0 Å². The number of aromatic nitrogens is 1. The number of hydrogen-bond acceptors (Lipinski definition) is 4. The standard InChI is InChI=1S/C11H15N3OS/c12-11(16)9-1-3-13-10(5-9)14-4-2-8(6-14)7-15/h1,3,5,8,15H,2,4,6-7H2,(H2,12,16). The largest absolute Gasteiger partial charge is 0.396 e. The lowest BCUT2D eigenvalue weighted by molar-refractivity contribution is 0.238. The van der Waals surface area contributed by atoms with Crippen LogP contribution in [0.2, 0.25) is 0 Å². The Morgan fingerprint density at radius 1 is 1.69 bits per heavy atom. The van der Waals surface area contributed by atoms with Gasteiger partial charge in [0.2, 0.25) is 0 Å². The van der Waals surface area contributed by atoms with Gasteiger partial charge in [0.25, 0.3) is 0 Å². The van der Waals surface area contributed by atoms with Crippen molar-refractivity contribution in [3.63, 3.8) is 0 Å². The molecule has 2 rings (SSSR count). The molecule has 0 saturated carbocycles. The predicted octanol–water partition coefficient (Wildman–Crippen LogP) is 0.534. The maximum atomic E-state index is 9.09. The van der Waals surface area contributed by atoms with Crippen LogP contribution in [0.5, 0.6) is 0 Å². The zero-order valence-corrected chi connectivity index (χ0v) is 9.78. The summed E-state index contributed by atoms with van der Waals surface area (Å²) in [6.45, 7) is 2.02. The van der Waals surface area contributed by atoms with E-state index in [-0.39, 0.29) is 6.61 Å². The summed E-state index contributed by atoms with van der Waals surface area (Å²) < 4.78 is 0. The number of hydrogen-bond donors (Lipinski definition) is 2. The Labute approximate surface area is 100 Å². The van der Waals surface area contributed by atoms with Crippen LogP contribution >= 0.6 is 12.2 Å². The first-order valence-corrected chi connectivity index (χ1v) is 5.73. The molecule has 4 nitrogen and oxygen atoms in total. The summed E-state index contributed by atoms with van der Waals surface area (Å²) in [5.74, 6) is 1.25. The van der Waals surface area contributed by atoms with E-state index >= 15 is 0 Å². The molecule has 1 aromatic rings. The average Bonchev–Trinajstić information content (AvgIpc) is 2.77. The Hall–Kier alpha value is -1.20. The second kappa shape index (κ2) is 4.76. The smallest absolute Gasteiger partial charge is 0.129 e. The fraction of sp³-hybridized carbons (Fsp3) is 0.455. The molecule has 0 bridgehead atoms. The Balaban J connectivity index is 2.15. The molecule has 0 radical (unpaired) electrons. The normalized spacial score (nSPS) is 20.1. The number of nitrogens with two attached hydrogens (primary N) is 1. The van der Waals surface area contributed by atoms with E-state index in [2.05, 4.69) is 9.88 Å². The first kappa shape index (κ1) is 11.3. The van der Waals surface area contributed by atoms with Crippen molar-refractivity contribution >= 4 is 23.0 Å². The molecule has 5 heteroatoms. The lowest BCUT2D eigenvalue weighted by Gasteiger charge is -2.17. The van der Waals surface area contributed by atoms with E-state index in [9.17, 15) is 0 Å². The number of rotatable bonds is 3. The molecule has 16 heavy (non-hydrogen) atoms.